The molecule has 1 aromatic rings. The Bertz CT molecular complexity index is 356. The Labute approximate surface area is 101 Å². The molecule has 0 radical (unpaired) electrons. The van der Waals surface area contributed by atoms with Gasteiger partial charge in [-0.05, 0) is 18.6 Å². The maximum absolute atomic E-state index is 11.1. The summed E-state index contributed by atoms with van der Waals surface area (Å²) in [6.45, 7) is 2.65. The van der Waals surface area contributed by atoms with Gasteiger partial charge in [0.2, 0.25) is 5.91 Å². The molecule has 0 aliphatic carbocycles. The molecule has 4 heteroatoms. The SMILES string of the molecule is CCCCC(=O)Oc1ccccc1.O=C1CN1. The predicted molar refractivity (Wildman–Crippen MR) is 64.6 cm³/mol. The summed E-state index contributed by atoms with van der Waals surface area (Å²) in [5, 5.41) is 2.46. The number of carbonyl (C=O) groups excluding carboxylic acids is 2. The first-order valence-electron chi connectivity index (χ1n) is 5.74. The van der Waals surface area contributed by atoms with Crippen LogP contribution in [0.5, 0.6) is 5.75 Å². The molecule has 0 aromatic heterocycles. The lowest BCUT2D eigenvalue weighted by atomic mass is 10.2. The Morgan fingerprint density at radius 3 is 2.41 bits per heavy atom. The zero-order valence-electron chi connectivity index (χ0n) is 9.94. The summed E-state index contributed by atoms with van der Waals surface area (Å²) >= 11 is 0. The molecule has 4 nitrogen and oxygen atoms in total. The third-order valence-corrected chi connectivity index (χ3v) is 2.03. The van der Waals surface area contributed by atoms with Crippen LogP contribution in [-0.2, 0) is 9.59 Å². The van der Waals surface area contributed by atoms with Gasteiger partial charge < -0.3 is 10.1 Å². The van der Waals surface area contributed by atoms with Gasteiger partial charge in [0, 0.05) is 6.42 Å². The molecule has 1 heterocycles. The Morgan fingerprint density at radius 1 is 1.35 bits per heavy atom. The summed E-state index contributed by atoms with van der Waals surface area (Å²) in [6.07, 6.45) is 2.42. The molecule has 92 valence electrons. The number of hydrogen-bond acceptors (Lipinski definition) is 3. The molecule has 1 aromatic carbocycles. The van der Waals surface area contributed by atoms with E-state index in [1.807, 2.05) is 18.2 Å². The van der Waals surface area contributed by atoms with E-state index < -0.39 is 0 Å². The van der Waals surface area contributed by atoms with Crippen molar-refractivity contribution in [1.29, 1.82) is 0 Å². The smallest absolute Gasteiger partial charge is 0.311 e. The lowest BCUT2D eigenvalue weighted by molar-refractivity contribution is -0.134. The molecule has 0 unspecified atom stereocenters. The second kappa shape index (κ2) is 7.44. The Balaban J connectivity index is 0.000000302. The normalized spacial score (nSPS) is 11.9. The third kappa shape index (κ3) is 7.11. The number of para-hydroxylation sites is 1. The minimum atomic E-state index is -0.145. The fraction of sp³-hybridized carbons (Fsp3) is 0.385. The first-order valence-corrected chi connectivity index (χ1v) is 5.74. The van der Waals surface area contributed by atoms with Gasteiger partial charge in [0.15, 0.2) is 0 Å². The van der Waals surface area contributed by atoms with Crippen molar-refractivity contribution in [3.63, 3.8) is 0 Å². The van der Waals surface area contributed by atoms with E-state index in [2.05, 4.69) is 12.2 Å². The molecule has 1 N–H and O–H groups in total. The molecule has 1 aliphatic heterocycles. The second-order valence-electron chi connectivity index (χ2n) is 3.67. The van der Waals surface area contributed by atoms with Gasteiger partial charge in [-0.25, -0.2) is 0 Å². The predicted octanol–water partition coefficient (Wildman–Crippen LogP) is 1.90. The Kier molecular flexibility index (Phi) is 5.79. The van der Waals surface area contributed by atoms with Gasteiger partial charge >= 0.3 is 5.97 Å². The van der Waals surface area contributed by atoms with Crippen molar-refractivity contribution in [1.82, 2.24) is 5.32 Å². The highest BCUT2D eigenvalue weighted by Crippen LogP contribution is 2.09. The first kappa shape index (κ1) is 13.2. The molecule has 17 heavy (non-hydrogen) atoms. The van der Waals surface area contributed by atoms with Crippen LogP contribution in [0.15, 0.2) is 30.3 Å². The van der Waals surface area contributed by atoms with Crippen LogP contribution in [-0.4, -0.2) is 18.4 Å². The van der Waals surface area contributed by atoms with Crippen molar-refractivity contribution < 1.29 is 14.3 Å². The van der Waals surface area contributed by atoms with E-state index in [9.17, 15) is 9.59 Å². The minimum absolute atomic E-state index is 0.145. The van der Waals surface area contributed by atoms with Gasteiger partial charge in [0.25, 0.3) is 0 Å². The monoisotopic (exact) mass is 235 g/mol. The largest absolute Gasteiger partial charge is 0.427 e. The third-order valence-electron chi connectivity index (χ3n) is 2.03. The molecule has 1 amide bonds. The van der Waals surface area contributed by atoms with Gasteiger partial charge in [0.1, 0.15) is 5.75 Å². The zero-order valence-corrected chi connectivity index (χ0v) is 9.94. The molecule has 0 spiro atoms. The van der Waals surface area contributed by atoms with E-state index >= 15 is 0 Å². The second-order valence-corrected chi connectivity index (χ2v) is 3.67. The van der Waals surface area contributed by atoms with E-state index in [-0.39, 0.29) is 11.9 Å². The molecule has 0 atom stereocenters. The average Bonchev–Trinajstić information content (AvgIpc) is 3.11. The van der Waals surface area contributed by atoms with Gasteiger partial charge in [-0.15, -0.1) is 0 Å². The highest BCUT2D eigenvalue weighted by Gasteiger charge is 2.10. The minimum Gasteiger partial charge on any atom is -0.427 e. The number of unbranched alkanes of at least 4 members (excludes halogenated alkanes) is 1. The summed E-state index contributed by atoms with van der Waals surface area (Å²) in [7, 11) is 0. The van der Waals surface area contributed by atoms with Crippen molar-refractivity contribution in [3.8, 4) is 5.75 Å². The molecular weight excluding hydrogens is 218 g/mol. The van der Waals surface area contributed by atoms with Crippen molar-refractivity contribution >= 4 is 11.9 Å². The van der Waals surface area contributed by atoms with Crippen molar-refractivity contribution in [2.45, 2.75) is 26.2 Å². The van der Waals surface area contributed by atoms with Crippen LogP contribution in [0.1, 0.15) is 26.2 Å². The number of rotatable bonds is 4. The van der Waals surface area contributed by atoms with E-state index in [1.165, 1.54) is 0 Å². The lowest BCUT2D eigenvalue weighted by Gasteiger charge is -2.02. The van der Waals surface area contributed by atoms with Crippen molar-refractivity contribution in [2.75, 3.05) is 6.54 Å². The summed E-state index contributed by atoms with van der Waals surface area (Å²) in [5.41, 5.74) is 0. The van der Waals surface area contributed by atoms with E-state index in [0.29, 0.717) is 18.7 Å². The summed E-state index contributed by atoms with van der Waals surface area (Å²) in [6, 6.07) is 9.15. The summed E-state index contributed by atoms with van der Waals surface area (Å²) in [5.74, 6) is 0.650. The fourth-order valence-electron chi connectivity index (χ4n) is 1.03. The highest BCUT2D eigenvalue weighted by molar-refractivity contribution is 5.91. The number of benzene rings is 1. The topological polar surface area (TPSA) is 65.3 Å². The summed E-state index contributed by atoms with van der Waals surface area (Å²) < 4.78 is 5.08. The first-order chi connectivity index (χ1) is 8.22. The Morgan fingerprint density at radius 2 is 1.94 bits per heavy atom. The molecule has 1 saturated heterocycles. The zero-order chi connectivity index (χ0) is 12.5. The van der Waals surface area contributed by atoms with Gasteiger partial charge in [-0.2, -0.15) is 0 Å². The molecule has 1 aliphatic rings. The van der Waals surface area contributed by atoms with E-state index in [4.69, 9.17) is 4.74 Å². The highest BCUT2D eigenvalue weighted by atomic mass is 16.5. The number of amides is 1. The number of esters is 1. The van der Waals surface area contributed by atoms with E-state index in [1.54, 1.807) is 12.1 Å². The maximum atomic E-state index is 11.1. The molecule has 0 bridgehead atoms. The van der Waals surface area contributed by atoms with Crippen molar-refractivity contribution in [3.05, 3.63) is 30.3 Å². The van der Waals surface area contributed by atoms with Gasteiger partial charge in [-0.1, -0.05) is 31.5 Å². The number of nitrogens with one attached hydrogen (secondary N) is 1. The number of carbonyl (C=O) groups is 2. The van der Waals surface area contributed by atoms with E-state index in [0.717, 1.165) is 12.8 Å². The average molecular weight is 235 g/mol. The standard InChI is InChI=1S/C11H14O2.C2H3NO/c1-2-3-9-11(12)13-10-7-5-4-6-8-10;4-2-1-3-2/h4-8H,2-3,9H2,1H3;1H2,(H,3,4). The van der Waals surface area contributed by atoms with Crippen molar-refractivity contribution in [2.24, 2.45) is 0 Å². The van der Waals surface area contributed by atoms with Crippen LogP contribution < -0.4 is 10.1 Å². The number of hydrogen-bond donors (Lipinski definition) is 1. The quantitative estimate of drug-likeness (QED) is 0.492. The van der Waals surface area contributed by atoms with Gasteiger partial charge in [-0.3, -0.25) is 9.59 Å². The molecule has 0 saturated carbocycles. The fourth-order valence-corrected chi connectivity index (χ4v) is 1.03. The van der Waals surface area contributed by atoms with Crippen LogP contribution in [0.25, 0.3) is 0 Å². The molecule has 1 fully saturated rings. The van der Waals surface area contributed by atoms with Crippen LogP contribution >= 0.6 is 0 Å². The van der Waals surface area contributed by atoms with Crippen LogP contribution in [0.3, 0.4) is 0 Å². The molecular formula is C13H17NO3. The van der Waals surface area contributed by atoms with Crippen LogP contribution in [0, 0.1) is 0 Å². The van der Waals surface area contributed by atoms with Crippen LogP contribution in [0.2, 0.25) is 0 Å². The summed E-state index contributed by atoms with van der Waals surface area (Å²) in [4.78, 5) is 20.6. The maximum Gasteiger partial charge on any atom is 0.311 e. The Hall–Kier alpha value is -1.84. The molecule has 2 rings (SSSR count). The van der Waals surface area contributed by atoms with Gasteiger partial charge in [0.05, 0.1) is 6.54 Å². The van der Waals surface area contributed by atoms with Crippen LogP contribution in [0.4, 0.5) is 0 Å². The number of ether oxygens (including phenoxy) is 1. The lowest BCUT2D eigenvalue weighted by Crippen LogP contribution is -2.06.